The summed E-state index contributed by atoms with van der Waals surface area (Å²) in [5.74, 6) is 0.748. The summed E-state index contributed by atoms with van der Waals surface area (Å²) in [5.41, 5.74) is -0.122. The van der Waals surface area contributed by atoms with E-state index in [0.29, 0.717) is 23.5 Å². The maximum atomic E-state index is 12.0. The first-order valence-corrected chi connectivity index (χ1v) is 5.06. The van der Waals surface area contributed by atoms with Crippen LogP contribution in [0.25, 0.3) is 0 Å². The minimum atomic E-state index is -0.539. The van der Waals surface area contributed by atoms with Gasteiger partial charge in [-0.05, 0) is 13.8 Å². The lowest BCUT2D eigenvalue weighted by atomic mass is 9.92. The molecule has 0 fully saturated rings. The third-order valence-corrected chi connectivity index (χ3v) is 2.52. The highest BCUT2D eigenvalue weighted by molar-refractivity contribution is 6.03. The van der Waals surface area contributed by atoms with Gasteiger partial charge < -0.3 is 14.6 Å². The number of ether oxygens (including phenoxy) is 2. The molecule has 0 saturated heterocycles. The van der Waals surface area contributed by atoms with Crippen LogP contribution in [0.1, 0.15) is 30.6 Å². The van der Waals surface area contributed by atoms with Crippen LogP contribution in [0.4, 0.5) is 0 Å². The lowest BCUT2D eigenvalue weighted by Gasteiger charge is -2.32. The summed E-state index contributed by atoms with van der Waals surface area (Å²) in [4.78, 5) is 12.0. The van der Waals surface area contributed by atoms with E-state index in [9.17, 15) is 9.90 Å². The number of phenols is 1. The molecule has 0 spiro atoms. The second-order valence-electron chi connectivity index (χ2n) is 4.48. The van der Waals surface area contributed by atoms with Gasteiger partial charge in [0.1, 0.15) is 28.4 Å². The van der Waals surface area contributed by atoms with E-state index in [1.54, 1.807) is 0 Å². The lowest BCUT2D eigenvalue weighted by molar-refractivity contribution is 0.0612. The zero-order valence-corrected chi connectivity index (χ0v) is 9.53. The second kappa shape index (κ2) is 3.40. The first-order valence-electron chi connectivity index (χ1n) is 5.06. The second-order valence-corrected chi connectivity index (χ2v) is 4.48. The molecule has 4 heteroatoms. The molecule has 1 aliphatic heterocycles. The number of methoxy groups -OCH3 is 1. The fourth-order valence-electron chi connectivity index (χ4n) is 1.90. The van der Waals surface area contributed by atoms with Gasteiger partial charge in [-0.1, -0.05) is 0 Å². The Kier molecular flexibility index (Phi) is 2.30. The van der Waals surface area contributed by atoms with E-state index in [0.717, 1.165) is 0 Å². The van der Waals surface area contributed by atoms with Gasteiger partial charge in [0.15, 0.2) is 5.78 Å². The van der Waals surface area contributed by atoms with E-state index >= 15 is 0 Å². The molecule has 1 aromatic rings. The molecule has 0 aromatic heterocycles. The number of rotatable bonds is 1. The predicted molar refractivity (Wildman–Crippen MR) is 58.3 cm³/mol. The molecule has 4 nitrogen and oxygen atoms in total. The van der Waals surface area contributed by atoms with E-state index in [2.05, 4.69) is 0 Å². The Morgan fingerprint density at radius 1 is 1.44 bits per heavy atom. The molecule has 1 N–H and O–H groups in total. The Morgan fingerprint density at radius 3 is 2.75 bits per heavy atom. The number of ketones is 1. The molecule has 2 rings (SSSR count). The van der Waals surface area contributed by atoms with Gasteiger partial charge >= 0.3 is 0 Å². The first kappa shape index (κ1) is 10.8. The third-order valence-electron chi connectivity index (χ3n) is 2.52. The van der Waals surface area contributed by atoms with Crippen LogP contribution in [0.2, 0.25) is 0 Å². The molecule has 0 bridgehead atoms. The summed E-state index contributed by atoms with van der Waals surface area (Å²) >= 11 is 0. The van der Waals surface area contributed by atoms with Crippen molar-refractivity contribution in [2.75, 3.05) is 7.11 Å². The molecule has 1 aliphatic rings. The molecular formula is C12H14O4. The van der Waals surface area contributed by atoms with Crippen LogP contribution in [0, 0.1) is 0 Å². The van der Waals surface area contributed by atoms with Gasteiger partial charge in [0.25, 0.3) is 0 Å². The highest BCUT2D eigenvalue weighted by Gasteiger charge is 2.35. The molecule has 1 aromatic carbocycles. The standard InChI is InChI=1S/C12H14O4/c1-12(2)6-8(14)11-9(15-3)4-7(13)5-10(11)16-12/h4-5,13H,6H2,1-3H3. The molecule has 0 amide bonds. The highest BCUT2D eigenvalue weighted by atomic mass is 16.5. The molecular weight excluding hydrogens is 208 g/mol. The molecule has 16 heavy (non-hydrogen) atoms. The van der Waals surface area contributed by atoms with Gasteiger partial charge in [-0.3, -0.25) is 4.79 Å². The number of carbonyl (C=O) groups excluding carboxylic acids is 1. The number of benzene rings is 1. The van der Waals surface area contributed by atoms with Gasteiger partial charge in [-0.25, -0.2) is 0 Å². The van der Waals surface area contributed by atoms with E-state index in [1.165, 1.54) is 19.2 Å². The molecule has 1 heterocycles. The van der Waals surface area contributed by atoms with Crippen molar-refractivity contribution in [3.05, 3.63) is 17.7 Å². The van der Waals surface area contributed by atoms with Crippen molar-refractivity contribution in [3.63, 3.8) is 0 Å². The fraction of sp³-hybridized carbons (Fsp3) is 0.417. The van der Waals surface area contributed by atoms with Crippen LogP contribution in [-0.2, 0) is 0 Å². The molecule has 0 atom stereocenters. The fourth-order valence-corrected chi connectivity index (χ4v) is 1.90. The van der Waals surface area contributed by atoms with E-state index in [1.807, 2.05) is 13.8 Å². The summed E-state index contributed by atoms with van der Waals surface area (Å²) in [5, 5.41) is 9.49. The van der Waals surface area contributed by atoms with Crippen LogP contribution in [0.3, 0.4) is 0 Å². The Bertz CT molecular complexity index is 449. The summed E-state index contributed by atoms with van der Waals surface area (Å²) in [6.07, 6.45) is 0.307. The normalized spacial score (nSPS) is 17.6. The summed E-state index contributed by atoms with van der Waals surface area (Å²) < 4.78 is 10.7. The minimum Gasteiger partial charge on any atom is -0.508 e. The first-order chi connectivity index (χ1) is 7.43. The van der Waals surface area contributed by atoms with Gasteiger partial charge in [0.2, 0.25) is 0 Å². The number of hydrogen-bond acceptors (Lipinski definition) is 4. The van der Waals surface area contributed by atoms with Crippen molar-refractivity contribution >= 4 is 5.78 Å². The molecule has 0 radical (unpaired) electrons. The largest absolute Gasteiger partial charge is 0.508 e. The number of phenolic OH excluding ortho intramolecular Hbond substituents is 1. The minimum absolute atomic E-state index is 0.0249. The number of Topliss-reactive ketones (excluding diaryl/α,β-unsaturated/α-hetero) is 1. The Morgan fingerprint density at radius 2 is 2.12 bits per heavy atom. The average molecular weight is 222 g/mol. The monoisotopic (exact) mass is 222 g/mol. The van der Waals surface area contributed by atoms with Gasteiger partial charge in [0.05, 0.1) is 13.5 Å². The van der Waals surface area contributed by atoms with Crippen LogP contribution >= 0.6 is 0 Å². The Labute approximate surface area is 93.8 Å². The summed E-state index contributed by atoms with van der Waals surface area (Å²) in [6, 6.07) is 2.86. The zero-order chi connectivity index (χ0) is 11.9. The third kappa shape index (κ3) is 1.71. The van der Waals surface area contributed by atoms with Crippen LogP contribution in [0.15, 0.2) is 12.1 Å². The molecule has 86 valence electrons. The van der Waals surface area contributed by atoms with Crippen molar-refractivity contribution in [3.8, 4) is 17.2 Å². The predicted octanol–water partition coefficient (Wildman–Crippen LogP) is 2.14. The van der Waals surface area contributed by atoms with Gasteiger partial charge in [-0.15, -0.1) is 0 Å². The molecule has 0 aliphatic carbocycles. The SMILES string of the molecule is COc1cc(O)cc2c1C(=O)CC(C)(C)O2. The Hall–Kier alpha value is -1.71. The quantitative estimate of drug-likeness (QED) is 0.791. The average Bonchev–Trinajstić information content (AvgIpc) is 2.13. The number of fused-ring (bicyclic) bond motifs is 1. The van der Waals surface area contributed by atoms with Crippen molar-refractivity contribution in [2.45, 2.75) is 25.9 Å². The molecule has 0 saturated carbocycles. The topological polar surface area (TPSA) is 55.8 Å². The summed E-state index contributed by atoms with van der Waals surface area (Å²) in [7, 11) is 1.46. The number of carbonyl (C=O) groups is 1. The molecule has 0 unspecified atom stereocenters. The van der Waals surface area contributed by atoms with Crippen molar-refractivity contribution in [1.29, 1.82) is 0 Å². The maximum absolute atomic E-state index is 12.0. The van der Waals surface area contributed by atoms with Crippen molar-refractivity contribution in [1.82, 2.24) is 0 Å². The highest BCUT2D eigenvalue weighted by Crippen LogP contribution is 2.40. The van der Waals surface area contributed by atoms with E-state index in [-0.39, 0.29) is 11.5 Å². The Balaban J connectivity index is 2.60. The van der Waals surface area contributed by atoms with E-state index < -0.39 is 5.60 Å². The van der Waals surface area contributed by atoms with Gasteiger partial charge in [-0.2, -0.15) is 0 Å². The van der Waals surface area contributed by atoms with Crippen molar-refractivity contribution < 1.29 is 19.4 Å². The van der Waals surface area contributed by atoms with E-state index in [4.69, 9.17) is 9.47 Å². The van der Waals surface area contributed by atoms with Crippen LogP contribution in [-0.4, -0.2) is 23.6 Å². The smallest absolute Gasteiger partial charge is 0.174 e. The number of aromatic hydroxyl groups is 1. The number of hydrogen-bond donors (Lipinski definition) is 1. The van der Waals surface area contributed by atoms with Crippen LogP contribution in [0.5, 0.6) is 17.2 Å². The zero-order valence-electron chi connectivity index (χ0n) is 9.53. The maximum Gasteiger partial charge on any atom is 0.174 e. The lowest BCUT2D eigenvalue weighted by Crippen LogP contribution is -2.36. The van der Waals surface area contributed by atoms with Gasteiger partial charge in [0, 0.05) is 12.1 Å². The van der Waals surface area contributed by atoms with Crippen molar-refractivity contribution in [2.24, 2.45) is 0 Å². The van der Waals surface area contributed by atoms with Crippen LogP contribution < -0.4 is 9.47 Å². The summed E-state index contributed by atoms with van der Waals surface area (Å²) in [6.45, 7) is 3.68.